The Labute approximate surface area is 135 Å². The highest BCUT2D eigenvalue weighted by Gasteiger charge is 2.18. The maximum atomic E-state index is 12.6. The van der Waals surface area contributed by atoms with Crippen LogP contribution < -0.4 is 10.1 Å². The van der Waals surface area contributed by atoms with Crippen LogP contribution in [0.15, 0.2) is 40.8 Å². The van der Waals surface area contributed by atoms with Crippen molar-refractivity contribution >= 4 is 22.6 Å². The van der Waals surface area contributed by atoms with Gasteiger partial charge in [-0.1, -0.05) is 12.1 Å². The summed E-state index contributed by atoms with van der Waals surface area (Å²) in [6, 6.07) is 11.5. The number of hydrogen-bond donors (Lipinski definition) is 1. The Hall–Kier alpha value is -2.75. The summed E-state index contributed by atoms with van der Waals surface area (Å²) in [5, 5.41) is 3.82. The fourth-order valence-corrected chi connectivity index (χ4v) is 2.59. The first kappa shape index (κ1) is 15.2. The van der Waals surface area contributed by atoms with Crippen LogP contribution in [0.3, 0.4) is 0 Å². The van der Waals surface area contributed by atoms with E-state index in [1.54, 1.807) is 7.11 Å². The van der Waals surface area contributed by atoms with Crippen LogP contribution >= 0.6 is 0 Å². The Morgan fingerprint density at radius 2 is 1.87 bits per heavy atom. The van der Waals surface area contributed by atoms with E-state index in [0.29, 0.717) is 11.3 Å². The summed E-state index contributed by atoms with van der Waals surface area (Å²) in [6.07, 6.45) is 0. The van der Waals surface area contributed by atoms with Gasteiger partial charge in [0.05, 0.1) is 7.11 Å². The number of fused-ring (bicyclic) bond motifs is 1. The molecule has 1 aromatic heterocycles. The molecule has 0 aliphatic carbocycles. The van der Waals surface area contributed by atoms with Gasteiger partial charge in [0.25, 0.3) is 5.91 Å². The molecule has 3 rings (SSSR count). The van der Waals surface area contributed by atoms with Gasteiger partial charge in [0.2, 0.25) is 0 Å². The first-order valence-electron chi connectivity index (χ1n) is 7.45. The van der Waals surface area contributed by atoms with Gasteiger partial charge in [0, 0.05) is 16.6 Å². The van der Waals surface area contributed by atoms with Crippen molar-refractivity contribution in [2.75, 3.05) is 12.4 Å². The van der Waals surface area contributed by atoms with E-state index in [-0.39, 0.29) is 5.91 Å². The minimum Gasteiger partial charge on any atom is -0.497 e. The molecule has 23 heavy (non-hydrogen) atoms. The number of rotatable bonds is 3. The van der Waals surface area contributed by atoms with E-state index in [2.05, 4.69) is 5.32 Å². The molecule has 4 nitrogen and oxygen atoms in total. The van der Waals surface area contributed by atoms with Gasteiger partial charge in [-0.25, -0.2) is 0 Å². The Morgan fingerprint density at radius 1 is 1.09 bits per heavy atom. The van der Waals surface area contributed by atoms with E-state index >= 15 is 0 Å². The van der Waals surface area contributed by atoms with Gasteiger partial charge in [0.1, 0.15) is 11.3 Å². The van der Waals surface area contributed by atoms with E-state index in [9.17, 15) is 4.79 Å². The molecular formula is C19H19NO3. The number of nitrogens with one attached hydrogen (secondary N) is 1. The van der Waals surface area contributed by atoms with Crippen molar-refractivity contribution in [3.8, 4) is 5.75 Å². The molecule has 0 saturated carbocycles. The highest BCUT2D eigenvalue weighted by atomic mass is 16.5. The zero-order valence-electron chi connectivity index (χ0n) is 13.7. The predicted octanol–water partition coefficient (Wildman–Crippen LogP) is 4.62. The van der Waals surface area contributed by atoms with Crippen LogP contribution in [0.5, 0.6) is 5.75 Å². The van der Waals surface area contributed by atoms with Gasteiger partial charge in [0.15, 0.2) is 5.76 Å². The first-order chi connectivity index (χ1) is 11.0. The Morgan fingerprint density at radius 3 is 2.61 bits per heavy atom. The lowest BCUT2D eigenvalue weighted by molar-refractivity contribution is 0.0998. The number of carbonyl (C=O) groups excluding carboxylic acids is 1. The minimum atomic E-state index is -0.244. The summed E-state index contributed by atoms with van der Waals surface area (Å²) in [5.74, 6) is 0.823. The van der Waals surface area contributed by atoms with Gasteiger partial charge in [-0.2, -0.15) is 0 Å². The van der Waals surface area contributed by atoms with Crippen molar-refractivity contribution in [3.63, 3.8) is 0 Å². The number of methoxy groups -OCH3 is 1. The number of carbonyl (C=O) groups is 1. The second-order valence-corrected chi connectivity index (χ2v) is 5.69. The summed E-state index contributed by atoms with van der Waals surface area (Å²) in [6.45, 7) is 5.84. The molecule has 0 unspecified atom stereocenters. The molecule has 0 aliphatic rings. The number of furan rings is 1. The molecule has 4 heteroatoms. The molecule has 0 fully saturated rings. The summed E-state index contributed by atoms with van der Waals surface area (Å²) in [7, 11) is 1.62. The van der Waals surface area contributed by atoms with E-state index in [1.807, 2.05) is 57.2 Å². The molecule has 118 valence electrons. The second-order valence-electron chi connectivity index (χ2n) is 5.69. The molecular weight excluding hydrogens is 290 g/mol. The van der Waals surface area contributed by atoms with Crippen molar-refractivity contribution in [1.82, 2.24) is 0 Å². The van der Waals surface area contributed by atoms with E-state index in [4.69, 9.17) is 9.15 Å². The predicted molar refractivity (Wildman–Crippen MR) is 91.4 cm³/mol. The maximum absolute atomic E-state index is 12.6. The summed E-state index contributed by atoms with van der Waals surface area (Å²) >= 11 is 0. The maximum Gasteiger partial charge on any atom is 0.291 e. The van der Waals surface area contributed by atoms with Crippen molar-refractivity contribution in [3.05, 3.63) is 58.8 Å². The molecule has 0 bridgehead atoms. The summed E-state index contributed by atoms with van der Waals surface area (Å²) < 4.78 is 11.0. The molecule has 2 aromatic carbocycles. The number of benzene rings is 2. The van der Waals surface area contributed by atoms with Crippen LogP contribution in [0.4, 0.5) is 5.69 Å². The normalized spacial score (nSPS) is 10.8. The quantitative estimate of drug-likeness (QED) is 0.768. The number of hydrogen-bond acceptors (Lipinski definition) is 3. The van der Waals surface area contributed by atoms with Crippen LogP contribution in [0.1, 0.15) is 27.2 Å². The topological polar surface area (TPSA) is 51.5 Å². The van der Waals surface area contributed by atoms with Crippen LogP contribution in [-0.2, 0) is 0 Å². The molecule has 0 spiro atoms. The third-order valence-corrected chi connectivity index (χ3v) is 3.99. The smallest absolute Gasteiger partial charge is 0.291 e. The molecule has 1 N–H and O–H groups in total. The van der Waals surface area contributed by atoms with Crippen molar-refractivity contribution in [2.24, 2.45) is 0 Å². The Kier molecular flexibility index (Phi) is 3.82. The zero-order chi connectivity index (χ0) is 16.6. The third-order valence-electron chi connectivity index (χ3n) is 3.99. The monoisotopic (exact) mass is 309 g/mol. The summed E-state index contributed by atoms with van der Waals surface area (Å²) in [4.78, 5) is 12.6. The standard InChI is InChI=1S/C19H19NO3/c1-11-5-6-12(2)16(9-11)20-19(21)18-13(3)15-10-14(22-4)7-8-17(15)23-18/h5-10H,1-4H3,(H,20,21). The SMILES string of the molecule is COc1ccc2oc(C(=O)Nc3cc(C)ccc3C)c(C)c2c1. The lowest BCUT2D eigenvalue weighted by atomic mass is 10.1. The number of ether oxygens (including phenoxy) is 1. The first-order valence-corrected chi connectivity index (χ1v) is 7.45. The molecule has 0 atom stereocenters. The number of anilines is 1. The summed E-state index contributed by atoms with van der Waals surface area (Å²) in [5.41, 5.74) is 4.39. The van der Waals surface area contributed by atoms with Gasteiger partial charge in [-0.05, 0) is 56.2 Å². The fraction of sp³-hybridized carbons (Fsp3) is 0.211. The van der Waals surface area contributed by atoms with E-state index < -0.39 is 0 Å². The molecule has 1 heterocycles. The molecule has 1 amide bonds. The van der Waals surface area contributed by atoms with Gasteiger partial charge in [-0.15, -0.1) is 0 Å². The molecule has 0 aliphatic heterocycles. The van der Waals surface area contributed by atoms with Crippen LogP contribution in [0, 0.1) is 20.8 Å². The molecule has 3 aromatic rings. The van der Waals surface area contributed by atoms with E-state index in [1.165, 1.54) is 0 Å². The number of aryl methyl sites for hydroxylation is 3. The van der Waals surface area contributed by atoms with Crippen molar-refractivity contribution < 1.29 is 13.9 Å². The molecule has 0 radical (unpaired) electrons. The van der Waals surface area contributed by atoms with Crippen LogP contribution in [-0.4, -0.2) is 13.0 Å². The lowest BCUT2D eigenvalue weighted by Crippen LogP contribution is -2.13. The Bertz CT molecular complexity index is 893. The van der Waals surface area contributed by atoms with Gasteiger partial charge in [-0.3, -0.25) is 4.79 Å². The number of amides is 1. The average molecular weight is 309 g/mol. The largest absolute Gasteiger partial charge is 0.497 e. The van der Waals surface area contributed by atoms with Gasteiger partial charge < -0.3 is 14.5 Å². The highest BCUT2D eigenvalue weighted by Crippen LogP contribution is 2.29. The fourth-order valence-electron chi connectivity index (χ4n) is 2.59. The van der Waals surface area contributed by atoms with Crippen LogP contribution in [0.25, 0.3) is 11.0 Å². The van der Waals surface area contributed by atoms with Crippen LogP contribution in [0.2, 0.25) is 0 Å². The second kappa shape index (κ2) is 5.80. The Balaban J connectivity index is 1.97. The lowest BCUT2D eigenvalue weighted by Gasteiger charge is -2.08. The zero-order valence-corrected chi connectivity index (χ0v) is 13.7. The van der Waals surface area contributed by atoms with Gasteiger partial charge >= 0.3 is 0 Å². The third kappa shape index (κ3) is 2.80. The van der Waals surface area contributed by atoms with Crippen molar-refractivity contribution in [2.45, 2.75) is 20.8 Å². The van der Waals surface area contributed by atoms with E-state index in [0.717, 1.165) is 33.5 Å². The highest BCUT2D eigenvalue weighted by molar-refractivity contribution is 6.06. The minimum absolute atomic E-state index is 0.244. The molecule has 0 saturated heterocycles. The van der Waals surface area contributed by atoms with Crippen molar-refractivity contribution in [1.29, 1.82) is 0 Å². The average Bonchev–Trinajstić information content (AvgIpc) is 2.87.